The second-order valence-corrected chi connectivity index (χ2v) is 13.9. The van der Waals surface area contributed by atoms with Crippen LogP contribution in [0.5, 0.6) is 11.5 Å². The summed E-state index contributed by atoms with van der Waals surface area (Å²) in [6.07, 6.45) is 6.09. The Labute approximate surface area is 330 Å². The van der Waals surface area contributed by atoms with Crippen molar-refractivity contribution in [2.75, 3.05) is 56.1 Å². The number of anilines is 3. The zero-order valence-electron chi connectivity index (χ0n) is 32.5. The monoisotopic (exact) mass is 787 g/mol. The highest BCUT2D eigenvalue weighted by Gasteiger charge is 2.47. The number of nitrogens with one attached hydrogen (secondary N) is 2. The predicted octanol–water partition coefficient (Wildman–Crippen LogP) is 5.88. The van der Waals surface area contributed by atoms with Gasteiger partial charge >= 0.3 is 12.1 Å². The van der Waals surface area contributed by atoms with Crippen molar-refractivity contribution in [1.82, 2.24) is 9.47 Å². The van der Waals surface area contributed by atoms with Gasteiger partial charge in [0.05, 0.1) is 49.4 Å². The average Bonchev–Trinajstić information content (AvgIpc) is 3.56. The first-order valence-electron chi connectivity index (χ1n) is 19.1. The molecular weight excluding hydrogens is 738 g/mol. The van der Waals surface area contributed by atoms with Crippen molar-refractivity contribution >= 4 is 46.8 Å². The molecule has 2 fully saturated rings. The van der Waals surface area contributed by atoms with E-state index in [0.29, 0.717) is 55.0 Å². The molecule has 3 aliphatic rings. The van der Waals surface area contributed by atoms with Crippen LogP contribution in [-0.2, 0) is 30.8 Å². The van der Waals surface area contributed by atoms with Gasteiger partial charge in [0, 0.05) is 44.6 Å². The standard InChI is InChI=1S/C41H49N5O11/c1-5-19-56-41(51)46-31-24-34(33(52-3)23-29(31)38(49)45-18-8-6-11-30(45)39(46)57-36-13-7-9-20-55-36)54-21-10-12-35(47)42-28-22-32(44(2)25-28)37(48)43-27-16-14-26(15-17-27)40(50)53-4/h5,14-17,22-25,30,36,39H,1,6-13,18-21H2,2-4H3,(H,42,47)(H,43,48). The highest BCUT2D eigenvalue weighted by molar-refractivity contribution is 6.06. The van der Waals surface area contributed by atoms with E-state index in [9.17, 15) is 24.0 Å². The smallest absolute Gasteiger partial charge is 0.416 e. The van der Waals surface area contributed by atoms with E-state index in [1.54, 1.807) is 65.2 Å². The number of rotatable bonds is 14. The lowest BCUT2D eigenvalue weighted by Crippen LogP contribution is -2.57. The van der Waals surface area contributed by atoms with Crippen molar-refractivity contribution < 1.29 is 52.4 Å². The lowest BCUT2D eigenvalue weighted by Gasteiger charge is -2.42. The van der Waals surface area contributed by atoms with Gasteiger partial charge in [-0.15, -0.1) is 0 Å². The molecule has 0 spiro atoms. The Kier molecular flexibility index (Phi) is 13.5. The second kappa shape index (κ2) is 18.8. The fourth-order valence-corrected chi connectivity index (χ4v) is 7.19. The maximum Gasteiger partial charge on any atom is 0.416 e. The average molecular weight is 788 g/mol. The van der Waals surface area contributed by atoms with Crippen LogP contribution in [0.4, 0.5) is 21.9 Å². The zero-order valence-corrected chi connectivity index (χ0v) is 32.5. The number of hydrogen-bond acceptors (Lipinski definition) is 11. The van der Waals surface area contributed by atoms with Gasteiger partial charge in [0.2, 0.25) is 5.91 Å². The minimum Gasteiger partial charge on any atom is -0.493 e. The molecule has 1 aromatic heterocycles. The number of carbonyl (C=O) groups excluding carboxylic acids is 5. The molecule has 3 aliphatic heterocycles. The number of piperidine rings is 1. The third kappa shape index (κ3) is 9.57. The van der Waals surface area contributed by atoms with Gasteiger partial charge in [-0.05, 0) is 81.3 Å². The Bertz CT molecular complexity index is 1960. The summed E-state index contributed by atoms with van der Waals surface area (Å²) >= 11 is 0. The van der Waals surface area contributed by atoms with Crippen LogP contribution in [0.25, 0.3) is 0 Å². The van der Waals surface area contributed by atoms with E-state index >= 15 is 0 Å². The van der Waals surface area contributed by atoms with Crippen molar-refractivity contribution in [1.29, 1.82) is 0 Å². The quantitative estimate of drug-likeness (QED) is 0.113. The summed E-state index contributed by atoms with van der Waals surface area (Å²) in [6, 6.07) is 10.5. The third-order valence-electron chi connectivity index (χ3n) is 10.0. The third-order valence-corrected chi connectivity index (χ3v) is 10.0. The Hall–Kier alpha value is -5.87. The number of esters is 1. The van der Waals surface area contributed by atoms with E-state index < -0.39 is 36.5 Å². The fourth-order valence-electron chi connectivity index (χ4n) is 7.19. The van der Waals surface area contributed by atoms with Crippen molar-refractivity contribution in [3.05, 3.63) is 78.1 Å². The number of ether oxygens (including phenoxy) is 6. The molecule has 16 heteroatoms. The molecule has 6 rings (SSSR count). The molecule has 16 nitrogen and oxygen atoms in total. The SMILES string of the molecule is C=CCOC(=O)N1c2cc(OCCCC(=O)Nc3cc(C(=O)Nc4ccc(C(=O)OC)cc4)n(C)c3)c(OC)cc2C(=O)N2CCCCC2C1OC1CCCCO1. The number of hydrogen-bond donors (Lipinski definition) is 2. The predicted molar refractivity (Wildman–Crippen MR) is 209 cm³/mol. The molecule has 3 atom stereocenters. The number of aromatic nitrogens is 1. The summed E-state index contributed by atoms with van der Waals surface area (Å²) < 4.78 is 36.2. The molecule has 57 heavy (non-hydrogen) atoms. The first kappa shape index (κ1) is 40.8. The Morgan fingerprint density at radius 2 is 1.75 bits per heavy atom. The van der Waals surface area contributed by atoms with E-state index in [1.165, 1.54) is 25.2 Å². The van der Waals surface area contributed by atoms with E-state index in [4.69, 9.17) is 28.4 Å². The number of nitrogens with zero attached hydrogens (tertiary/aromatic N) is 3. The number of methoxy groups -OCH3 is 2. The van der Waals surface area contributed by atoms with Gasteiger partial charge in [-0.2, -0.15) is 0 Å². The van der Waals surface area contributed by atoms with Crippen molar-refractivity contribution in [3.8, 4) is 11.5 Å². The number of benzene rings is 2. The van der Waals surface area contributed by atoms with Gasteiger partial charge in [0.15, 0.2) is 24.0 Å². The zero-order chi connectivity index (χ0) is 40.5. The molecule has 3 aromatic rings. The van der Waals surface area contributed by atoms with E-state index in [0.717, 1.165) is 25.7 Å². The van der Waals surface area contributed by atoms with Crippen LogP contribution >= 0.6 is 0 Å². The lowest BCUT2D eigenvalue weighted by atomic mass is 10.00. The molecule has 0 aliphatic carbocycles. The Balaban J connectivity index is 1.13. The van der Waals surface area contributed by atoms with Gasteiger partial charge in [0.1, 0.15) is 12.3 Å². The summed E-state index contributed by atoms with van der Waals surface area (Å²) in [7, 11) is 4.44. The number of carbonyl (C=O) groups is 5. The van der Waals surface area contributed by atoms with Gasteiger partial charge in [-0.1, -0.05) is 12.7 Å². The van der Waals surface area contributed by atoms with Gasteiger partial charge in [-0.3, -0.25) is 14.4 Å². The first-order valence-corrected chi connectivity index (χ1v) is 19.1. The number of aryl methyl sites for hydroxylation is 1. The molecule has 0 saturated carbocycles. The summed E-state index contributed by atoms with van der Waals surface area (Å²) in [6.45, 7) is 4.76. The van der Waals surface area contributed by atoms with Crippen LogP contribution in [0, 0.1) is 0 Å². The van der Waals surface area contributed by atoms with Gasteiger partial charge < -0.3 is 48.5 Å². The van der Waals surface area contributed by atoms with E-state index in [2.05, 4.69) is 17.2 Å². The normalized spacial score (nSPS) is 19.0. The maximum atomic E-state index is 14.2. The minimum atomic E-state index is -0.898. The summed E-state index contributed by atoms with van der Waals surface area (Å²) in [4.78, 5) is 68.9. The highest BCUT2D eigenvalue weighted by Crippen LogP contribution is 2.42. The molecule has 0 bridgehead atoms. The Morgan fingerprint density at radius 1 is 0.965 bits per heavy atom. The largest absolute Gasteiger partial charge is 0.493 e. The van der Waals surface area contributed by atoms with Crippen LogP contribution in [0.1, 0.15) is 82.6 Å². The molecule has 304 valence electrons. The van der Waals surface area contributed by atoms with Crippen LogP contribution < -0.4 is 25.0 Å². The molecule has 0 radical (unpaired) electrons. The van der Waals surface area contributed by atoms with Gasteiger partial charge in [0.25, 0.3) is 11.8 Å². The Morgan fingerprint density at radius 3 is 2.47 bits per heavy atom. The topological polar surface area (TPSA) is 176 Å². The molecule has 4 heterocycles. The fraction of sp³-hybridized carbons (Fsp3) is 0.439. The molecule has 2 saturated heterocycles. The lowest BCUT2D eigenvalue weighted by molar-refractivity contribution is -0.198. The molecule has 2 N–H and O–H groups in total. The van der Waals surface area contributed by atoms with E-state index in [-0.39, 0.29) is 54.2 Å². The first-order chi connectivity index (χ1) is 27.6. The summed E-state index contributed by atoms with van der Waals surface area (Å²) in [5, 5.41) is 5.59. The van der Waals surface area contributed by atoms with Crippen LogP contribution in [-0.4, -0.2) is 98.4 Å². The van der Waals surface area contributed by atoms with Crippen LogP contribution in [0.2, 0.25) is 0 Å². The summed E-state index contributed by atoms with van der Waals surface area (Å²) in [5.41, 5.74) is 2.06. The summed E-state index contributed by atoms with van der Waals surface area (Å²) in [5.74, 6) is -0.904. The van der Waals surface area contributed by atoms with E-state index in [1.807, 2.05) is 0 Å². The van der Waals surface area contributed by atoms with Crippen LogP contribution in [0.15, 0.2) is 61.3 Å². The molecule has 3 unspecified atom stereocenters. The molecular formula is C41H49N5O11. The number of fused-ring (bicyclic) bond motifs is 2. The van der Waals surface area contributed by atoms with Crippen LogP contribution in [0.3, 0.4) is 0 Å². The molecule has 2 aromatic carbocycles. The maximum absolute atomic E-state index is 14.2. The van der Waals surface area contributed by atoms with Crippen molar-refractivity contribution in [3.63, 3.8) is 0 Å². The number of amides is 4. The highest BCUT2D eigenvalue weighted by atomic mass is 16.7. The second-order valence-electron chi connectivity index (χ2n) is 13.9. The minimum absolute atomic E-state index is 0.0488. The van der Waals surface area contributed by atoms with Crippen molar-refractivity contribution in [2.45, 2.75) is 69.9 Å². The van der Waals surface area contributed by atoms with Crippen molar-refractivity contribution in [2.24, 2.45) is 7.05 Å². The molecule has 4 amide bonds. The van der Waals surface area contributed by atoms with Gasteiger partial charge in [-0.25, -0.2) is 14.5 Å².